The van der Waals surface area contributed by atoms with Gasteiger partial charge in [0, 0.05) is 19.0 Å². The molecule has 1 aliphatic carbocycles. The SMILES string of the molecule is CC(=O)Nc1cccc(Nc2cc(NC3CC3)c3ncc(C#N)n3n2)n1. The van der Waals surface area contributed by atoms with E-state index in [9.17, 15) is 10.1 Å². The maximum absolute atomic E-state index is 11.2. The van der Waals surface area contributed by atoms with Crippen LogP contribution in [0, 0.1) is 11.3 Å². The van der Waals surface area contributed by atoms with Crippen molar-refractivity contribution in [3.63, 3.8) is 0 Å². The van der Waals surface area contributed by atoms with Crippen molar-refractivity contribution in [2.24, 2.45) is 0 Å². The summed E-state index contributed by atoms with van der Waals surface area (Å²) in [7, 11) is 0. The first-order chi connectivity index (χ1) is 12.6. The molecule has 3 N–H and O–H groups in total. The fraction of sp³-hybridized carbons (Fsp3) is 0.235. The summed E-state index contributed by atoms with van der Waals surface area (Å²) in [6.07, 6.45) is 3.73. The first-order valence-corrected chi connectivity index (χ1v) is 8.19. The van der Waals surface area contributed by atoms with Gasteiger partial charge in [-0.3, -0.25) is 4.79 Å². The van der Waals surface area contributed by atoms with Gasteiger partial charge in [0.25, 0.3) is 0 Å². The van der Waals surface area contributed by atoms with Gasteiger partial charge in [-0.2, -0.15) is 9.78 Å². The number of rotatable bonds is 5. The third-order valence-corrected chi connectivity index (χ3v) is 3.83. The van der Waals surface area contributed by atoms with E-state index >= 15 is 0 Å². The zero-order chi connectivity index (χ0) is 18.1. The van der Waals surface area contributed by atoms with Crippen LogP contribution in [0.4, 0.5) is 23.1 Å². The highest BCUT2D eigenvalue weighted by Gasteiger charge is 2.23. The van der Waals surface area contributed by atoms with Gasteiger partial charge in [0.05, 0.1) is 11.9 Å². The van der Waals surface area contributed by atoms with Crippen molar-refractivity contribution >= 4 is 34.7 Å². The summed E-state index contributed by atoms with van der Waals surface area (Å²) in [4.78, 5) is 19.8. The topological polar surface area (TPSA) is 120 Å². The van der Waals surface area contributed by atoms with Gasteiger partial charge >= 0.3 is 0 Å². The quantitative estimate of drug-likeness (QED) is 0.647. The van der Waals surface area contributed by atoms with Crippen molar-refractivity contribution in [1.82, 2.24) is 19.6 Å². The number of hydrogen-bond acceptors (Lipinski definition) is 7. The predicted octanol–water partition coefficient (Wildman–Crippen LogP) is 2.27. The molecule has 0 aromatic carbocycles. The molecule has 0 saturated heterocycles. The van der Waals surface area contributed by atoms with Gasteiger partial charge in [0.15, 0.2) is 17.2 Å². The maximum atomic E-state index is 11.2. The Labute approximate surface area is 149 Å². The molecule has 4 rings (SSSR count). The molecule has 0 atom stereocenters. The standard InChI is InChI=1S/C17H16N8O/c1-10(26)20-14-3-2-4-15(22-14)23-16-7-13(21-11-5-6-11)17-19-9-12(8-18)25(17)24-16/h2-4,7,9,11,21H,5-6H2,1H3,(H2,20,22,23,24,26). The van der Waals surface area contributed by atoms with Crippen LogP contribution >= 0.6 is 0 Å². The van der Waals surface area contributed by atoms with Crippen molar-refractivity contribution in [1.29, 1.82) is 5.26 Å². The van der Waals surface area contributed by atoms with E-state index in [1.165, 1.54) is 17.6 Å². The van der Waals surface area contributed by atoms with E-state index in [1.54, 1.807) is 18.2 Å². The number of fused-ring (bicyclic) bond motifs is 1. The second kappa shape index (κ2) is 6.33. The number of imidazole rings is 1. The molecular weight excluding hydrogens is 332 g/mol. The zero-order valence-corrected chi connectivity index (χ0v) is 14.0. The van der Waals surface area contributed by atoms with E-state index in [1.807, 2.05) is 6.07 Å². The van der Waals surface area contributed by atoms with E-state index in [0.717, 1.165) is 18.5 Å². The molecule has 0 bridgehead atoms. The van der Waals surface area contributed by atoms with Crippen LogP contribution in [0.25, 0.3) is 5.65 Å². The molecule has 26 heavy (non-hydrogen) atoms. The Kier molecular flexibility index (Phi) is 3.85. The number of nitrogens with one attached hydrogen (secondary N) is 3. The Morgan fingerprint density at radius 2 is 2.12 bits per heavy atom. The fourth-order valence-electron chi connectivity index (χ4n) is 2.55. The van der Waals surface area contributed by atoms with Crippen LogP contribution in [-0.4, -0.2) is 31.5 Å². The van der Waals surface area contributed by atoms with Crippen LogP contribution in [0.2, 0.25) is 0 Å². The Morgan fingerprint density at radius 3 is 2.85 bits per heavy atom. The molecule has 9 nitrogen and oxygen atoms in total. The zero-order valence-electron chi connectivity index (χ0n) is 14.0. The summed E-state index contributed by atoms with van der Waals surface area (Å²) >= 11 is 0. The van der Waals surface area contributed by atoms with Crippen LogP contribution in [0.1, 0.15) is 25.5 Å². The molecule has 3 aromatic heterocycles. The lowest BCUT2D eigenvalue weighted by Crippen LogP contribution is -2.09. The Hall–Kier alpha value is -3.67. The smallest absolute Gasteiger partial charge is 0.222 e. The monoisotopic (exact) mass is 348 g/mol. The molecule has 1 fully saturated rings. The number of anilines is 4. The molecule has 1 aliphatic rings. The van der Waals surface area contributed by atoms with Gasteiger partial charge in [0.1, 0.15) is 17.7 Å². The number of carbonyl (C=O) groups excluding carboxylic acids is 1. The lowest BCUT2D eigenvalue weighted by Gasteiger charge is -2.11. The minimum atomic E-state index is -0.192. The molecule has 9 heteroatoms. The number of hydrogen-bond donors (Lipinski definition) is 3. The van der Waals surface area contributed by atoms with Crippen LogP contribution in [0.15, 0.2) is 30.5 Å². The van der Waals surface area contributed by atoms with Crippen molar-refractivity contribution in [2.45, 2.75) is 25.8 Å². The summed E-state index contributed by atoms with van der Waals surface area (Å²) in [6, 6.07) is 9.60. The van der Waals surface area contributed by atoms with Gasteiger partial charge in [0.2, 0.25) is 5.91 Å². The summed E-state index contributed by atoms with van der Waals surface area (Å²) in [5.74, 6) is 1.30. The minimum absolute atomic E-state index is 0.192. The maximum Gasteiger partial charge on any atom is 0.222 e. The molecule has 3 heterocycles. The fourth-order valence-corrected chi connectivity index (χ4v) is 2.55. The number of nitriles is 1. The molecule has 1 amide bonds. The molecule has 3 aromatic rings. The largest absolute Gasteiger partial charge is 0.379 e. The normalized spacial score (nSPS) is 13.2. The minimum Gasteiger partial charge on any atom is -0.379 e. The van der Waals surface area contributed by atoms with E-state index in [0.29, 0.717) is 34.8 Å². The highest BCUT2D eigenvalue weighted by atomic mass is 16.1. The van der Waals surface area contributed by atoms with Crippen LogP contribution in [-0.2, 0) is 4.79 Å². The molecule has 0 unspecified atom stereocenters. The highest BCUT2D eigenvalue weighted by molar-refractivity contribution is 5.87. The predicted molar refractivity (Wildman–Crippen MR) is 96.2 cm³/mol. The van der Waals surface area contributed by atoms with Crippen LogP contribution < -0.4 is 16.0 Å². The van der Waals surface area contributed by atoms with E-state index in [-0.39, 0.29) is 5.91 Å². The van der Waals surface area contributed by atoms with Crippen molar-refractivity contribution < 1.29 is 4.79 Å². The van der Waals surface area contributed by atoms with Gasteiger partial charge < -0.3 is 16.0 Å². The molecule has 0 radical (unpaired) electrons. The Balaban J connectivity index is 1.69. The first-order valence-electron chi connectivity index (χ1n) is 8.19. The van der Waals surface area contributed by atoms with Gasteiger partial charge in [-0.15, -0.1) is 5.10 Å². The molecule has 1 saturated carbocycles. The second-order valence-electron chi connectivity index (χ2n) is 6.07. The van der Waals surface area contributed by atoms with Crippen LogP contribution in [0.5, 0.6) is 0 Å². The number of carbonyl (C=O) groups is 1. The summed E-state index contributed by atoms with van der Waals surface area (Å²) < 4.78 is 1.50. The Bertz CT molecular complexity index is 1030. The van der Waals surface area contributed by atoms with E-state index in [2.05, 4.69) is 37.1 Å². The number of nitrogens with zero attached hydrogens (tertiary/aromatic N) is 5. The lowest BCUT2D eigenvalue weighted by molar-refractivity contribution is -0.114. The lowest BCUT2D eigenvalue weighted by atomic mass is 10.4. The van der Waals surface area contributed by atoms with Crippen molar-refractivity contribution in [3.8, 4) is 6.07 Å². The summed E-state index contributed by atoms with van der Waals surface area (Å²) in [5, 5.41) is 22.9. The number of amides is 1. The first kappa shape index (κ1) is 15.8. The van der Waals surface area contributed by atoms with Gasteiger partial charge in [-0.25, -0.2) is 9.97 Å². The van der Waals surface area contributed by atoms with Crippen molar-refractivity contribution in [2.75, 3.05) is 16.0 Å². The molecule has 0 spiro atoms. The van der Waals surface area contributed by atoms with E-state index < -0.39 is 0 Å². The third-order valence-electron chi connectivity index (χ3n) is 3.83. The number of pyridine rings is 1. The molecular formula is C17H16N8O. The summed E-state index contributed by atoms with van der Waals surface area (Å²) in [5.41, 5.74) is 1.77. The average molecular weight is 348 g/mol. The average Bonchev–Trinajstić information content (AvgIpc) is 3.31. The van der Waals surface area contributed by atoms with E-state index in [4.69, 9.17) is 0 Å². The second-order valence-corrected chi connectivity index (χ2v) is 6.07. The van der Waals surface area contributed by atoms with Crippen LogP contribution in [0.3, 0.4) is 0 Å². The summed E-state index contributed by atoms with van der Waals surface area (Å²) in [6.45, 7) is 1.43. The number of aromatic nitrogens is 4. The van der Waals surface area contributed by atoms with Crippen molar-refractivity contribution in [3.05, 3.63) is 36.2 Å². The Morgan fingerprint density at radius 1 is 1.31 bits per heavy atom. The van der Waals surface area contributed by atoms with Gasteiger partial charge in [-0.1, -0.05) is 6.07 Å². The third kappa shape index (κ3) is 3.25. The van der Waals surface area contributed by atoms with Gasteiger partial charge in [-0.05, 0) is 25.0 Å². The molecule has 130 valence electrons. The highest BCUT2D eigenvalue weighted by Crippen LogP contribution is 2.29. The molecule has 0 aliphatic heterocycles.